The van der Waals surface area contributed by atoms with Crippen LogP contribution in [0.2, 0.25) is 0 Å². The third kappa shape index (κ3) is 4.51. The first-order valence-electron chi connectivity index (χ1n) is 8.17. The van der Waals surface area contributed by atoms with Crippen molar-refractivity contribution >= 4 is 12.1 Å². The molecule has 130 valence electrons. The van der Waals surface area contributed by atoms with E-state index in [-0.39, 0.29) is 0 Å². The van der Waals surface area contributed by atoms with Crippen LogP contribution in [-0.4, -0.2) is 17.3 Å². The van der Waals surface area contributed by atoms with E-state index in [1.54, 1.807) is 12.1 Å². The maximum absolute atomic E-state index is 11.1. The molecule has 0 radical (unpaired) electrons. The van der Waals surface area contributed by atoms with Gasteiger partial charge < -0.3 is 10.9 Å². The van der Waals surface area contributed by atoms with Gasteiger partial charge in [-0.25, -0.2) is 9.13 Å². The highest BCUT2D eigenvalue weighted by Gasteiger charge is 2.07. The minimum atomic E-state index is -0.423. The highest BCUT2D eigenvalue weighted by Crippen LogP contribution is 2.05. The number of nitrogens with zero attached hydrogens (tertiary/aromatic N) is 3. The summed E-state index contributed by atoms with van der Waals surface area (Å²) >= 11 is 0. The van der Waals surface area contributed by atoms with E-state index in [2.05, 4.69) is 29.4 Å². The number of primary amides is 1. The van der Waals surface area contributed by atoms with Crippen molar-refractivity contribution in [2.24, 2.45) is 10.9 Å². The molecule has 2 aromatic heterocycles. The van der Waals surface area contributed by atoms with Crippen LogP contribution in [0.15, 0.2) is 78.5 Å². The molecule has 0 fully saturated rings. The molecule has 3 rings (SSSR count). The van der Waals surface area contributed by atoms with E-state index in [1.807, 2.05) is 46.1 Å². The lowest BCUT2D eigenvalue weighted by atomic mass is 10.1. The Kier molecular flexibility index (Phi) is 5.34. The first-order valence-corrected chi connectivity index (χ1v) is 8.17. The van der Waals surface area contributed by atoms with Gasteiger partial charge in [-0.05, 0) is 6.07 Å². The minimum Gasteiger partial charge on any atom is -0.411 e. The fourth-order valence-corrected chi connectivity index (χ4v) is 2.68. The van der Waals surface area contributed by atoms with Crippen molar-refractivity contribution in [3.8, 4) is 0 Å². The second-order valence-electron chi connectivity index (χ2n) is 5.99. The summed E-state index contributed by atoms with van der Waals surface area (Å²) in [4.78, 5) is 11.1. The van der Waals surface area contributed by atoms with E-state index in [4.69, 9.17) is 10.9 Å². The van der Waals surface area contributed by atoms with Crippen molar-refractivity contribution < 1.29 is 19.1 Å². The quantitative estimate of drug-likeness (QED) is 0.304. The largest absolute Gasteiger partial charge is 0.411 e. The predicted octanol–water partition coefficient (Wildman–Crippen LogP) is 1.27. The van der Waals surface area contributed by atoms with Gasteiger partial charge in [0, 0.05) is 29.3 Å². The molecule has 3 N–H and O–H groups in total. The maximum Gasteiger partial charge on any atom is 0.249 e. The number of rotatable bonds is 6. The first-order chi connectivity index (χ1) is 12.6. The summed E-state index contributed by atoms with van der Waals surface area (Å²) < 4.78 is 4.03. The van der Waals surface area contributed by atoms with Crippen molar-refractivity contribution in [1.82, 2.24) is 0 Å². The van der Waals surface area contributed by atoms with E-state index in [0.717, 1.165) is 24.2 Å². The van der Waals surface area contributed by atoms with Gasteiger partial charge in [0.05, 0.1) is 17.3 Å². The van der Waals surface area contributed by atoms with E-state index in [0.29, 0.717) is 5.56 Å². The standard InChI is InChI=1S/C20H18N4O2/c21-20(25)19-7-10-23(11-8-19)13-16-3-5-17(6-4-16)14-24-9-1-2-18(15-24)12-22-26/h1-12,15H,13-14H2,(H-2,21,25,26)/p+2/b22-12+. The lowest BCUT2D eigenvalue weighted by Crippen LogP contribution is -2.34. The zero-order valence-electron chi connectivity index (χ0n) is 14.2. The summed E-state index contributed by atoms with van der Waals surface area (Å²) in [5.74, 6) is -0.423. The molecule has 3 aromatic rings. The third-order valence-electron chi connectivity index (χ3n) is 4.02. The zero-order valence-corrected chi connectivity index (χ0v) is 14.2. The normalized spacial score (nSPS) is 10.9. The van der Waals surface area contributed by atoms with Crippen LogP contribution in [0.25, 0.3) is 0 Å². The predicted molar refractivity (Wildman–Crippen MR) is 95.8 cm³/mol. The van der Waals surface area contributed by atoms with E-state index in [1.165, 1.54) is 11.8 Å². The molecule has 26 heavy (non-hydrogen) atoms. The van der Waals surface area contributed by atoms with Crippen molar-refractivity contribution in [3.05, 3.63) is 95.6 Å². The van der Waals surface area contributed by atoms with Crippen molar-refractivity contribution in [2.45, 2.75) is 13.1 Å². The average Bonchev–Trinajstić information content (AvgIpc) is 2.64. The molecule has 6 nitrogen and oxygen atoms in total. The van der Waals surface area contributed by atoms with E-state index < -0.39 is 5.91 Å². The molecule has 0 unspecified atom stereocenters. The Hall–Kier alpha value is -3.54. The van der Waals surface area contributed by atoms with Crippen molar-refractivity contribution in [1.29, 1.82) is 0 Å². The summed E-state index contributed by atoms with van der Waals surface area (Å²) in [6.45, 7) is 1.45. The molecule has 2 heterocycles. The Morgan fingerprint density at radius 2 is 1.58 bits per heavy atom. The van der Waals surface area contributed by atoms with Crippen LogP contribution < -0.4 is 14.9 Å². The summed E-state index contributed by atoms with van der Waals surface area (Å²) in [6, 6.07) is 15.6. The summed E-state index contributed by atoms with van der Waals surface area (Å²) in [6.07, 6.45) is 8.99. The number of nitrogens with two attached hydrogens (primary N) is 1. The molecular formula is C20H20N4O2+2. The Balaban J connectivity index is 1.66. The average molecular weight is 348 g/mol. The van der Waals surface area contributed by atoms with Crippen LogP contribution in [0, 0.1) is 0 Å². The molecule has 0 bridgehead atoms. The zero-order chi connectivity index (χ0) is 18.4. The number of oxime groups is 1. The van der Waals surface area contributed by atoms with Gasteiger partial charge in [-0.15, -0.1) is 0 Å². The monoisotopic (exact) mass is 348 g/mol. The molecule has 0 spiro atoms. The Morgan fingerprint density at radius 3 is 2.15 bits per heavy atom. The van der Waals surface area contributed by atoms with Gasteiger partial charge in [-0.2, -0.15) is 0 Å². The molecule has 0 aliphatic rings. The van der Waals surface area contributed by atoms with Crippen molar-refractivity contribution in [2.75, 3.05) is 0 Å². The van der Waals surface area contributed by atoms with Gasteiger partial charge in [0.15, 0.2) is 37.9 Å². The maximum atomic E-state index is 11.1. The van der Waals surface area contributed by atoms with Crippen LogP contribution in [-0.2, 0) is 13.1 Å². The van der Waals surface area contributed by atoms with Crippen LogP contribution >= 0.6 is 0 Å². The van der Waals surface area contributed by atoms with Gasteiger partial charge in [-0.3, -0.25) is 4.79 Å². The number of hydrogen-bond acceptors (Lipinski definition) is 3. The van der Waals surface area contributed by atoms with Crippen LogP contribution in [0.5, 0.6) is 0 Å². The molecule has 6 heteroatoms. The van der Waals surface area contributed by atoms with Crippen LogP contribution in [0.3, 0.4) is 0 Å². The number of benzene rings is 1. The number of amides is 1. The van der Waals surface area contributed by atoms with Gasteiger partial charge >= 0.3 is 0 Å². The Labute approximate surface area is 151 Å². The number of aromatic nitrogens is 2. The summed E-state index contributed by atoms with van der Waals surface area (Å²) in [7, 11) is 0. The molecule has 0 aliphatic heterocycles. The van der Waals surface area contributed by atoms with Crippen LogP contribution in [0.4, 0.5) is 0 Å². The molecular weight excluding hydrogens is 328 g/mol. The fraction of sp³-hybridized carbons (Fsp3) is 0.100. The molecule has 1 aromatic carbocycles. The second-order valence-corrected chi connectivity index (χ2v) is 5.99. The SMILES string of the molecule is NC(=O)c1cc[n+](Cc2ccc(C[n+]3cccc(/C=N/O)c3)cc2)cc1. The van der Waals surface area contributed by atoms with E-state index in [9.17, 15) is 4.79 Å². The lowest BCUT2D eigenvalue weighted by Gasteiger charge is -2.02. The Morgan fingerprint density at radius 1 is 0.962 bits per heavy atom. The van der Waals surface area contributed by atoms with Gasteiger partial charge in [-0.1, -0.05) is 29.4 Å². The number of pyridine rings is 2. The number of hydrogen-bond donors (Lipinski definition) is 2. The Bertz CT molecular complexity index is 919. The lowest BCUT2D eigenvalue weighted by molar-refractivity contribution is -0.689. The molecule has 0 saturated carbocycles. The summed E-state index contributed by atoms with van der Waals surface area (Å²) in [5.41, 5.74) is 8.93. The topological polar surface area (TPSA) is 83.4 Å². The van der Waals surface area contributed by atoms with Gasteiger partial charge in [0.25, 0.3) is 0 Å². The highest BCUT2D eigenvalue weighted by atomic mass is 16.4. The molecule has 0 aliphatic carbocycles. The second kappa shape index (κ2) is 8.02. The van der Waals surface area contributed by atoms with Crippen LogP contribution in [0.1, 0.15) is 27.0 Å². The smallest absolute Gasteiger partial charge is 0.249 e. The first kappa shape index (κ1) is 17.3. The number of carbonyl (C=O) groups excluding carboxylic acids is 1. The molecule has 1 amide bonds. The summed E-state index contributed by atoms with van der Waals surface area (Å²) in [5, 5.41) is 11.7. The highest BCUT2D eigenvalue weighted by molar-refractivity contribution is 5.92. The molecule has 0 atom stereocenters. The third-order valence-corrected chi connectivity index (χ3v) is 4.02. The minimum absolute atomic E-state index is 0.423. The van der Waals surface area contributed by atoms with Gasteiger partial charge in [0.1, 0.15) is 0 Å². The van der Waals surface area contributed by atoms with E-state index >= 15 is 0 Å². The number of carbonyl (C=O) groups is 1. The van der Waals surface area contributed by atoms with Gasteiger partial charge in [0.2, 0.25) is 5.91 Å². The van der Waals surface area contributed by atoms with Crippen molar-refractivity contribution in [3.63, 3.8) is 0 Å². The fourth-order valence-electron chi connectivity index (χ4n) is 2.68. The molecule has 0 saturated heterocycles.